The summed E-state index contributed by atoms with van der Waals surface area (Å²) in [7, 11) is 0. The van der Waals surface area contributed by atoms with Crippen LogP contribution in [0.4, 0.5) is 4.79 Å². The van der Waals surface area contributed by atoms with Crippen LogP contribution in [0.25, 0.3) is 0 Å². The first-order chi connectivity index (χ1) is 8.20. The molecule has 0 radical (unpaired) electrons. The van der Waals surface area contributed by atoms with Crippen molar-refractivity contribution < 1.29 is 14.6 Å². The Kier molecular flexibility index (Phi) is 3.61. The number of amides is 1. The number of carbonyl (C=O) groups is 1. The molecule has 0 aromatic heterocycles. The zero-order valence-corrected chi connectivity index (χ0v) is 9.50. The van der Waals surface area contributed by atoms with Crippen LogP contribution in [0.3, 0.4) is 0 Å². The van der Waals surface area contributed by atoms with Gasteiger partial charge in [-0.1, -0.05) is 24.3 Å². The molecular formula is C12H16N2O3. The van der Waals surface area contributed by atoms with Crippen LogP contribution in [0.15, 0.2) is 24.3 Å². The fourth-order valence-electron chi connectivity index (χ4n) is 1.89. The summed E-state index contributed by atoms with van der Waals surface area (Å²) in [5, 5.41) is 8.94. The Hall–Kier alpha value is -1.59. The van der Waals surface area contributed by atoms with Crippen LogP contribution < -0.4 is 5.73 Å². The van der Waals surface area contributed by atoms with Gasteiger partial charge >= 0.3 is 6.09 Å². The lowest BCUT2D eigenvalue weighted by Gasteiger charge is -2.31. The maximum absolute atomic E-state index is 10.9. The van der Waals surface area contributed by atoms with Gasteiger partial charge in [0.2, 0.25) is 0 Å². The number of nitrogens with two attached hydrogens (primary N) is 1. The second kappa shape index (κ2) is 5.16. The molecule has 0 bridgehead atoms. The van der Waals surface area contributed by atoms with Crippen LogP contribution in [0.1, 0.15) is 17.2 Å². The number of rotatable bonds is 2. The van der Waals surface area contributed by atoms with Crippen molar-refractivity contribution in [3.63, 3.8) is 0 Å². The van der Waals surface area contributed by atoms with Gasteiger partial charge in [0.25, 0.3) is 0 Å². The fourth-order valence-corrected chi connectivity index (χ4v) is 1.89. The van der Waals surface area contributed by atoms with Gasteiger partial charge in [-0.2, -0.15) is 0 Å². The largest absolute Gasteiger partial charge is 0.465 e. The minimum atomic E-state index is -0.892. The minimum Gasteiger partial charge on any atom is -0.465 e. The molecule has 1 unspecified atom stereocenters. The van der Waals surface area contributed by atoms with E-state index in [1.807, 2.05) is 24.3 Å². The van der Waals surface area contributed by atoms with Crippen molar-refractivity contribution in [2.45, 2.75) is 12.6 Å². The Labute approximate surface area is 99.8 Å². The highest BCUT2D eigenvalue weighted by atomic mass is 16.5. The molecule has 1 saturated heterocycles. The first-order valence-electron chi connectivity index (χ1n) is 5.59. The summed E-state index contributed by atoms with van der Waals surface area (Å²) in [5.74, 6) is 0. The summed E-state index contributed by atoms with van der Waals surface area (Å²) in [6, 6.07) is 7.77. The molecule has 17 heavy (non-hydrogen) atoms. The zero-order valence-electron chi connectivity index (χ0n) is 9.50. The first kappa shape index (κ1) is 11.9. The third-order valence-electron chi connectivity index (χ3n) is 2.92. The molecule has 1 atom stereocenters. The van der Waals surface area contributed by atoms with Gasteiger partial charge in [-0.25, -0.2) is 4.79 Å². The molecule has 1 aromatic rings. The predicted molar refractivity (Wildman–Crippen MR) is 62.6 cm³/mol. The average Bonchev–Trinajstić information content (AvgIpc) is 2.39. The number of nitrogens with zero attached hydrogens (tertiary/aromatic N) is 1. The smallest absolute Gasteiger partial charge is 0.407 e. The third-order valence-corrected chi connectivity index (χ3v) is 2.92. The van der Waals surface area contributed by atoms with E-state index in [0.717, 1.165) is 11.1 Å². The van der Waals surface area contributed by atoms with Crippen molar-refractivity contribution in [1.29, 1.82) is 0 Å². The second-order valence-corrected chi connectivity index (χ2v) is 4.03. The van der Waals surface area contributed by atoms with Crippen LogP contribution in [0.2, 0.25) is 0 Å². The average molecular weight is 236 g/mol. The summed E-state index contributed by atoms with van der Waals surface area (Å²) in [5.41, 5.74) is 7.57. The number of hydrogen-bond acceptors (Lipinski definition) is 3. The number of ether oxygens (including phenoxy) is 1. The van der Waals surface area contributed by atoms with Gasteiger partial charge in [-0.3, -0.25) is 0 Å². The summed E-state index contributed by atoms with van der Waals surface area (Å²) in [6.07, 6.45) is -1.07. The highest BCUT2D eigenvalue weighted by Gasteiger charge is 2.24. The van der Waals surface area contributed by atoms with Gasteiger partial charge < -0.3 is 20.5 Å². The van der Waals surface area contributed by atoms with Gasteiger partial charge in [0.15, 0.2) is 0 Å². The molecule has 92 valence electrons. The van der Waals surface area contributed by atoms with E-state index in [9.17, 15) is 4.79 Å². The quantitative estimate of drug-likeness (QED) is 0.809. The van der Waals surface area contributed by atoms with Crippen LogP contribution in [-0.2, 0) is 11.3 Å². The van der Waals surface area contributed by atoms with Gasteiger partial charge in [-0.15, -0.1) is 0 Å². The summed E-state index contributed by atoms with van der Waals surface area (Å²) < 4.78 is 5.58. The third kappa shape index (κ3) is 2.75. The molecule has 5 nitrogen and oxygen atoms in total. The molecule has 0 aliphatic carbocycles. The van der Waals surface area contributed by atoms with E-state index in [1.165, 1.54) is 4.90 Å². The molecule has 1 fully saturated rings. The topological polar surface area (TPSA) is 75.8 Å². The molecule has 0 spiro atoms. The van der Waals surface area contributed by atoms with E-state index < -0.39 is 6.09 Å². The molecule has 1 heterocycles. The highest BCUT2D eigenvalue weighted by Crippen LogP contribution is 2.22. The number of benzene rings is 1. The van der Waals surface area contributed by atoms with Crippen molar-refractivity contribution in [3.05, 3.63) is 35.4 Å². The molecular weight excluding hydrogens is 220 g/mol. The van der Waals surface area contributed by atoms with Gasteiger partial charge in [0.05, 0.1) is 13.2 Å². The molecule has 1 amide bonds. The number of carboxylic acid groups (broad SMARTS) is 1. The van der Waals surface area contributed by atoms with E-state index in [2.05, 4.69) is 0 Å². The number of morpholine rings is 1. The molecule has 2 rings (SSSR count). The Morgan fingerprint density at radius 1 is 1.47 bits per heavy atom. The van der Waals surface area contributed by atoms with Crippen LogP contribution in [0.5, 0.6) is 0 Å². The number of hydrogen-bond donors (Lipinski definition) is 2. The Morgan fingerprint density at radius 2 is 2.18 bits per heavy atom. The van der Waals surface area contributed by atoms with Gasteiger partial charge in [-0.05, 0) is 11.1 Å². The van der Waals surface area contributed by atoms with Crippen molar-refractivity contribution in [2.75, 3.05) is 19.7 Å². The SMILES string of the molecule is NCc1ccc(C2CN(C(=O)O)CCO2)cc1. The first-order valence-corrected chi connectivity index (χ1v) is 5.59. The molecule has 0 saturated carbocycles. The monoisotopic (exact) mass is 236 g/mol. The van der Waals surface area contributed by atoms with Crippen molar-refractivity contribution >= 4 is 6.09 Å². The highest BCUT2D eigenvalue weighted by molar-refractivity contribution is 5.65. The molecule has 1 aromatic carbocycles. The maximum Gasteiger partial charge on any atom is 0.407 e. The maximum atomic E-state index is 10.9. The molecule has 5 heteroatoms. The van der Waals surface area contributed by atoms with E-state index in [0.29, 0.717) is 26.2 Å². The van der Waals surface area contributed by atoms with Crippen LogP contribution >= 0.6 is 0 Å². The van der Waals surface area contributed by atoms with E-state index in [-0.39, 0.29) is 6.10 Å². The van der Waals surface area contributed by atoms with E-state index >= 15 is 0 Å². The lowest BCUT2D eigenvalue weighted by atomic mass is 10.1. The lowest BCUT2D eigenvalue weighted by molar-refractivity contribution is -0.0232. The Balaban J connectivity index is 2.08. The molecule has 1 aliphatic rings. The lowest BCUT2D eigenvalue weighted by Crippen LogP contribution is -2.41. The minimum absolute atomic E-state index is 0.174. The van der Waals surface area contributed by atoms with Crippen LogP contribution in [-0.4, -0.2) is 35.8 Å². The predicted octanol–water partition coefficient (Wildman–Crippen LogP) is 1.20. The Bertz CT molecular complexity index is 391. The van der Waals surface area contributed by atoms with Gasteiger partial charge in [0, 0.05) is 13.1 Å². The summed E-state index contributed by atoms with van der Waals surface area (Å²) >= 11 is 0. The second-order valence-electron chi connectivity index (χ2n) is 4.03. The van der Waals surface area contributed by atoms with E-state index in [4.69, 9.17) is 15.6 Å². The zero-order chi connectivity index (χ0) is 12.3. The summed E-state index contributed by atoms with van der Waals surface area (Å²) in [4.78, 5) is 12.3. The van der Waals surface area contributed by atoms with Crippen molar-refractivity contribution in [3.8, 4) is 0 Å². The standard InChI is InChI=1S/C12H16N2O3/c13-7-9-1-3-10(4-2-9)11-8-14(12(15)16)5-6-17-11/h1-4,11H,5-8,13H2,(H,15,16). The van der Waals surface area contributed by atoms with Crippen molar-refractivity contribution in [1.82, 2.24) is 4.90 Å². The summed E-state index contributed by atoms with van der Waals surface area (Å²) in [6.45, 7) is 1.77. The molecule has 1 aliphatic heterocycles. The van der Waals surface area contributed by atoms with Crippen molar-refractivity contribution in [2.24, 2.45) is 5.73 Å². The normalized spacial score (nSPS) is 20.3. The Morgan fingerprint density at radius 3 is 2.76 bits per heavy atom. The van der Waals surface area contributed by atoms with Crippen LogP contribution in [0, 0.1) is 0 Å². The molecule has 3 N–H and O–H groups in total. The fraction of sp³-hybridized carbons (Fsp3) is 0.417. The van der Waals surface area contributed by atoms with Gasteiger partial charge in [0.1, 0.15) is 6.10 Å². The van der Waals surface area contributed by atoms with E-state index in [1.54, 1.807) is 0 Å².